The average molecular weight is 347 g/mol. The normalized spacial score (nSPS) is 12.1. The lowest BCUT2D eigenvalue weighted by Crippen LogP contribution is -2.11. The highest BCUT2D eigenvalue weighted by molar-refractivity contribution is 5.66. The van der Waals surface area contributed by atoms with Gasteiger partial charge >= 0.3 is 12.4 Å². The molecule has 0 aliphatic rings. The molecule has 8 heteroatoms. The summed E-state index contributed by atoms with van der Waals surface area (Å²) in [5.41, 5.74) is -2.21. The molecule has 0 aliphatic heterocycles. The second-order valence-electron chi connectivity index (χ2n) is 4.99. The first-order chi connectivity index (χ1) is 11.1. The summed E-state index contributed by atoms with van der Waals surface area (Å²) >= 11 is 0. The Morgan fingerprint density at radius 2 is 1.42 bits per heavy atom. The van der Waals surface area contributed by atoms with Crippen molar-refractivity contribution in [3.05, 3.63) is 59.2 Å². The summed E-state index contributed by atoms with van der Waals surface area (Å²) in [6.07, 6.45) is -9.35. The Balaban J connectivity index is 2.55. The lowest BCUT2D eigenvalue weighted by molar-refractivity contribution is -0.143. The fourth-order valence-electron chi connectivity index (χ4n) is 2.14. The van der Waals surface area contributed by atoms with Crippen LogP contribution in [-0.4, -0.2) is 6.41 Å². The van der Waals surface area contributed by atoms with E-state index in [-0.39, 0.29) is 23.7 Å². The van der Waals surface area contributed by atoms with Gasteiger partial charge in [0.2, 0.25) is 6.41 Å². The first kappa shape index (κ1) is 17.8. The zero-order valence-electron chi connectivity index (χ0n) is 12.0. The summed E-state index contributed by atoms with van der Waals surface area (Å²) in [6.45, 7) is 0.114. The van der Waals surface area contributed by atoms with Gasteiger partial charge in [0.25, 0.3) is 0 Å². The number of carbonyl (C=O) groups is 1. The van der Waals surface area contributed by atoms with Gasteiger partial charge in [0.05, 0.1) is 11.1 Å². The van der Waals surface area contributed by atoms with Gasteiger partial charge in [0, 0.05) is 6.54 Å². The Hall–Kier alpha value is -2.51. The van der Waals surface area contributed by atoms with Crippen LogP contribution in [0.2, 0.25) is 0 Å². The van der Waals surface area contributed by atoms with Crippen LogP contribution in [0.15, 0.2) is 42.5 Å². The predicted molar refractivity (Wildman–Crippen MR) is 74.8 cm³/mol. The molecule has 0 atom stereocenters. The van der Waals surface area contributed by atoms with Crippen molar-refractivity contribution >= 4 is 6.41 Å². The van der Waals surface area contributed by atoms with Crippen LogP contribution in [-0.2, 0) is 23.7 Å². The minimum atomic E-state index is -4.90. The Bertz CT molecular complexity index is 704. The SMILES string of the molecule is O=CNCc1cccc(-c2cc(C(F)(F)F)cc(C(F)(F)F)c2)c1. The molecule has 0 aromatic heterocycles. The Labute approximate surface area is 133 Å². The van der Waals surface area contributed by atoms with Crippen LogP contribution in [0.3, 0.4) is 0 Å². The smallest absolute Gasteiger partial charge is 0.355 e. The van der Waals surface area contributed by atoms with Gasteiger partial charge in [-0.05, 0) is 41.0 Å². The van der Waals surface area contributed by atoms with Gasteiger partial charge in [-0.25, -0.2) is 0 Å². The Kier molecular flexibility index (Phi) is 4.86. The van der Waals surface area contributed by atoms with Crippen molar-refractivity contribution in [2.24, 2.45) is 0 Å². The maximum Gasteiger partial charge on any atom is 0.416 e. The van der Waals surface area contributed by atoms with Crippen LogP contribution in [0.4, 0.5) is 26.3 Å². The van der Waals surface area contributed by atoms with Gasteiger partial charge in [-0.15, -0.1) is 0 Å². The minimum Gasteiger partial charge on any atom is -0.355 e. The monoisotopic (exact) mass is 347 g/mol. The number of alkyl halides is 6. The molecule has 0 unspecified atom stereocenters. The average Bonchev–Trinajstić information content (AvgIpc) is 2.51. The lowest BCUT2D eigenvalue weighted by Gasteiger charge is -2.14. The molecule has 0 spiro atoms. The van der Waals surface area contributed by atoms with Crippen molar-refractivity contribution < 1.29 is 31.1 Å². The standard InChI is InChI=1S/C16H11F6NO/c17-15(18,19)13-5-12(6-14(7-13)16(20,21)22)11-3-1-2-10(4-11)8-23-9-24/h1-7,9H,8H2,(H,23,24). The number of amides is 1. The van der Waals surface area contributed by atoms with Crippen LogP contribution in [0.1, 0.15) is 16.7 Å². The van der Waals surface area contributed by atoms with E-state index in [0.29, 0.717) is 24.1 Å². The molecule has 0 heterocycles. The van der Waals surface area contributed by atoms with E-state index in [1.165, 1.54) is 18.2 Å². The van der Waals surface area contributed by atoms with Crippen molar-refractivity contribution in [1.82, 2.24) is 5.32 Å². The summed E-state index contributed by atoms with van der Waals surface area (Å²) in [5, 5.41) is 2.37. The summed E-state index contributed by atoms with van der Waals surface area (Å²) in [7, 11) is 0. The molecule has 1 amide bonds. The number of benzene rings is 2. The molecule has 0 aliphatic carbocycles. The van der Waals surface area contributed by atoms with Crippen molar-refractivity contribution in [2.75, 3.05) is 0 Å². The molecule has 24 heavy (non-hydrogen) atoms. The molecule has 2 aromatic rings. The third kappa shape index (κ3) is 4.27. The molecule has 128 valence electrons. The lowest BCUT2D eigenvalue weighted by atomic mass is 9.98. The molecular weight excluding hydrogens is 336 g/mol. The first-order valence-electron chi connectivity index (χ1n) is 6.67. The predicted octanol–water partition coefficient (Wildman–Crippen LogP) is 4.64. The van der Waals surface area contributed by atoms with E-state index < -0.39 is 23.5 Å². The van der Waals surface area contributed by atoms with Crippen molar-refractivity contribution in [3.8, 4) is 11.1 Å². The van der Waals surface area contributed by atoms with Crippen molar-refractivity contribution in [3.63, 3.8) is 0 Å². The summed E-state index contributed by atoms with van der Waals surface area (Å²) < 4.78 is 77.3. The van der Waals surface area contributed by atoms with Gasteiger partial charge in [0.1, 0.15) is 0 Å². The van der Waals surface area contributed by atoms with Gasteiger partial charge in [-0.1, -0.05) is 18.2 Å². The number of rotatable bonds is 4. The second-order valence-corrected chi connectivity index (χ2v) is 4.99. The van der Waals surface area contributed by atoms with Crippen LogP contribution in [0.5, 0.6) is 0 Å². The summed E-state index contributed by atoms with van der Waals surface area (Å²) in [4.78, 5) is 10.3. The van der Waals surface area contributed by atoms with E-state index >= 15 is 0 Å². The zero-order valence-corrected chi connectivity index (χ0v) is 12.0. The highest BCUT2D eigenvalue weighted by Crippen LogP contribution is 2.38. The molecule has 0 saturated carbocycles. The zero-order chi connectivity index (χ0) is 18.0. The molecule has 0 saturated heterocycles. The van der Waals surface area contributed by atoms with E-state index in [9.17, 15) is 31.1 Å². The molecule has 2 aromatic carbocycles. The van der Waals surface area contributed by atoms with E-state index in [2.05, 4.69) is 5.32 Å². The highest BCUT2D eigenvalue weighted by atomic mass is 19.4. The third-order valence-corrected chi connectivity index (χ3v) is 3.24. The quantitative estimate of drug-likeness (QED) is 0.634. The van der Waals surface area contributed by atoms with E-state index in [1.54, 1.807) is 6.07 Å². The molecule has 1 N–H and O–H groups in total. The van der Waals surface area contributed by atoms with Crippen LogP contribution < -0.4 is 5.32 Å². The fraction of sp³-hybridized carbons (Fsp3) is 0.188. The molecule has 2 nitrogen and oxygen atoms in total. The third-order valence-electron chi connectivity index (χ3n) is 3.24. The van der Waals surface area contributed by atoms with Gasteiger partial charge < -0.3 is 5.32 Å². The second kappa shape index (κ2) is 6.54. The number of carbonyl (C=O) groups excluding carboxylic acids is 1. The van der Waals surface area contributed by atoms with Crippen molar-refractivity contribution in [2.45, 2.75) is 18.9 Å². The van der Waals surface area contributed by atoms with Gasteiger partial charge in [-0.2, -0.15) is 26.3 Å². The van der Waals surface area contributed by atoms with Crippen LogP contribution in [0, 0.1) is 0 Å². The largest absolute Gasteiger partial charge is 0.416 e. The molecule has 2 rings (SSSR count). The molecule has 0 fully saturated rings. The van der Waals surface area contributed by atoms with Crippen molar-refractivity contribution in [1.29, 1.82) is 0 Å². The molecule has 0 radical (unpaired) electrons. The van der Waals surface area contributed by atoms with Gasteiger partial charge in [0.15, 0.2) is 0 Å². The minimum absolute atomic E-state index is 0.0846. The maximum atomic E-state index is 12.9. The van der Waals surface area contributed by atoms with Gasteiger partial charge in [-0.3, -0.25) is 4.79 Å². The molecular formula is C16H11F6NO. The highest BCUT2D eigenvalue weighted by Gasteiger charge is 2.36. The fourth-order valence-corrected chi connectivity index (χ4v) is 2.14. The van der Waals surface area contributed by atoms with E-state index in [0.717, 1.165) is 0 Å². The topological polar surface area (TPSA) is 29.1 Å². The molecule has 0 bridgehead atoms. The Morgan fingerprint density at radius 3 is 1.92 bits per heavy atom. The number of halogens is 6. The maximum absolute atomic E-state index is 12.9. The van der Waals surface area contributed by atoms with E-state index in [4.69, 9.17) is 0 Å². The number of nitrogens with one attached hydrogen (secondary N) is 1. The summed E-state index contributed by atoms with van der Waals surface area (Å²) in [6, 6.07) is 7.33. The van der Waals surface area contributed by atoms with E-state index in [1.807, 2.05) is 0 Å². The Morgan fingerprint density at radius 1 is 0.833 bits per heavy atom. The van der Waals surface area contributed by atoms with Crippen LogP contribution >= 0.6 is 0 Å². The summed E-state index contributed by atoms with van der Waals surface area (Å²) in [5.74, 6) is 0. The number of hydrogen-bond donors (Lipinski definition) is 1. The first-order valence-corrected chi connectivity index (χ1v) is 6.67. The van der Waals surface area contributed by atoms with Crippen LogP contribution in [0.25, 0.3) is 11.1 Å². The number of hydrogen-bond acceptors (Lipinski definition) is 1.